The van der Waals surface area contributed by atoms with Crippen molar-refractivity contribution in [3.8, 4) is 0 Å². The lowest BCUT2D eigenvalue weighted by Crippen LogP contribution is -2.05. The monoisotopic (exact) mass is 422 g/mol. The van der Waals surface area contributed by atoms with E-state index < -0.39 is 0 Å². The lowest BCUT2D eigenvalue weighted by atomic mass is 10.1. The van der Waals surface area contributed by atoms with E-state index in [2.05, 4.69) is 26.0 Å². The molecule has 0 spiro atoms. The third-order valence-electron chi connectivity index (χ3n) is 5.90. The van der Waals surface area contributed by atoms with E-state index in [0.717, 1.165) is 25.7 Å². The average Bonchev–Trinajstić information content (AvgIpc) is 2.75. The Balaban J connectivity index is 3.12. The molecule has 0 aliphatic heterocycles. The molecule has 0 N–H and O–H groups in total. The number of rotatable bonds is 24. The van der Waals surface area contributed by atoms with Crippen molar-refractivity contribution >= 4 is 5.97 Å². The molecule has 178 valence electrons. The van der Waals surface area contributed by atoms with Gasteiger partial charge in [0.2, 0.25) is 0 Å². The zero-order valence-electron chi connectivity index (χ0n) is 20.7. The normalized spacial score (nSPS) is 11.4. The summed E-state index contributed by atoms with van der Waals surface area (Å²) in [5.41, 5.74) is 0. The van der Waals surface area contributed by atoms with Crippen LogP contribution in [-0.4, -0.2) is 12.6 Å². The summed E-state index contributed by atoms with van der Waals surface area (Å²) in [5, 5.41) is 0. The van der Waals surface area contributed by atoms with Crippen LogP contribution in [0, 0.1) is 0 Å². The van der Waals surface area contributed by atoms with Crippen LogP contribution in [0.15, 0.2) is 12.2 Å². The Bertz CT molecular complexity index is 362. The van der Waals surface area contributed by atoms with Crippen molar-refractivity contribution in [2.24, 2.45) is 0 Å². The third kappa shape index (κ3) is 25.2. The van der Waals surface area contributed by atoms with Gasteiger partial charge in [-0.2, -0.15) is 0 Å². The van der Waals surface area contributed by atoms with Crippen molar-refractivity contribution in [1.29, 1.82) is 0 Å². The van der Waals surface area contributed by atoms with Gasteiger partial charge in [0.05, 0.1) is 6.61 Å². The Morgan fingerprint density at radius 3 is 1.43 bits per heavy atom. The number of carbonyl (C=O) groups is 1. The molecule has 0 fully saturated rings. The number of unbranched alkanes of at least 4 members (excludes halogenated alkanes) is 18. The van der Waals surface area contributed by atoms with Gasteiger partial charge < -0.3 is 4.74 Å². The van der Waals surface area contributed by atoms with Gasteiger partial charge in [0, 0.05) is 6.42 Å². The van der Waals surface area contributed by atoms with Crippen LogP contribution in [0.1, 0.15) is 155 Å². The van der Waals surface area contributed by atoms with Crippen LogP contribution in [0.4, 0.5) is 0 Å². The summed E-state index contributed by atoms with van der Waals surface area (Å²) in [7, 11) is 0. The predicted octanol–water partition coefficient (Wildman–Crippen LogP) is 9.71. The van der Waals surface area contributed by atoms with E-state index >= 15 is 0 Å². The molecular formula is C28H54O2. The first-order valence-electron chi connectivity index (χ1n) is 13.6. The fraction of sp³-hybridized carbons (Fsp3) is 0.893. The van der Waals surface area contributed by atoms with Gasteiger partial charge in [0.1, 0.15) is 0 Å². The Labute approximate surface area is 189 Å². The third-order valence-corrected chi connectivity index (χ3v) is 5.90. The van der Waals surface area contributed by atoms with Crippen molar-refractivity contribution in [2.75, 3.05) is 6.61 Å². The minimum Gasteiger partial charge on any atom is -0.466 e. The van der Waals surface area contributed by atoms with Gasteiger partial charge in [0.15, 0.2) is 0 Å². The second-order valence-corrected chi connectivity index (χ2v) is 9.03. The highest BCUT2D eigenvalue weighted by Crippen LogP contribution is 2.12. The molecule has 0 unspecified atom stereocenters. The standard InChI is InChI=1S/C28H54O2/c1-3-5-7-8-9-10-11-12-13-14-15-16-17-18-19-20-21-22-23-25-27-30-28(29)26-24-6-4-2/h12-13H,3-11,14-27H2,1-2H3/b13-12-. The summed E-state index contributed by atoms with van der Waals surface area (Å²) in [5.74, 6) is -0.00301. The minimum atomic E-state index is -0.00301. The Morgan fingerprint density at radius 1 is 0.533 bits per heavy atom. The molecule has 0 amide bonds. The van der Waals surface area contributed by atoms with Crippen LogP contribution in [0.2, 0.25) is 0 Å². The van der Waals surface area contributed by atoms with E-state index in [1.807, 2.05) is 0 Å². The molecule has 0 heterocycles. The molecule has 0 aliphatic rings. The number of allylic oxidation sites excluding steroid dienone is 2. The zero-order chi connectivity index (χ0) is 22.0. The number of hydrogen-bond donors (Lipinski definition) is 0. The molecule has 0 saturated carbocycles. The predicted molar refractivity (Wildman–Crippen MR) is 133 cm³/mol. The van der Waals surface area contributed by atoms with E-state index in [1.165, 1.54) is 109 Å². The smallest absolute Gasteiger partial charge is 0.305 e. The van der Waals surface area contributed by atoms with E-state index in [-0.39, 0.29) is 5.97 Å². The molecule has 0 saturated heterocycles. The van der Waals surface area contributed by atoms with Crippen molar-refractivity contribution < 1.29 is 9.53 Å². The van der Waals surface area contributed by atoms with Crippen LogP contribution in [0.5, 0.6) is 0 Å². The molecule has 0 bridgehead atoms. The molecule has 0 rings (SSSR count). The molecular weight excluding hydrogens is 368 g/mol. The first-order chi connectivity index (χ1) is 14.8. The van der Waals surface area contributed by atoms with E-state index in [0.29, 0.717) is 13.0 Å². The maximum Gasteiger partial charge on any atom is 0.305 e. The van der Waals surface area contributed by atoms with E-state index in [4.69, 9.17) is 4.74 Å². The Morgan fingerprint density at radius 2 is 0.933 bits per heavy atom. The molecule has 0 aliphatic carbocycles. The van der Waals surface area contributed by atoms with Crippen molar-refractivity contribution in [2.45, 2.75) is 155 Å². The molecule has 0 aromatic rings. The van der Waals surface area contributed by atoms with Gasteiger partial charge in [-0.3, -0.25) is 4.79 Å². The maximum atomic E-state index is 11.5. The van der Waals surface area contributed by atoms with Crippen LogP contribution in [0.25, 0.3) is 0 Å². The van der Waals surface area contributed by atoms with Gasteiger partial charge in [-0.05, 0) is 38.5 Å². The number of hydrogen-bond acceptors (Lipinski definition) is 2. The summed E-state index contributed by atoms with van der Waals surface area (Å²) in [6.45, 7) is 5.06. The van der Waals surface area contributed by atoms with Crippen molar-refractivity contribution in [3.63, 3.8) is 0 Å². The molecule has 2 nitrogen and oxygen atoms in total. The molecule has 0 atom stereocenters. The fourth-order valence-electron chi connectivity index (χ4n) is 3.83. The molecule has 2 heteroatoms. The summed E-state index contributed by atoms with van der Waals surface area (Å²) < 4.78 is 5.28. The highest BCUT2D eigenvalue weighted by atomic mass is 16.5. The highest BCUT2D eigenvalue weighted by molar-refractivity contribution is 5.69. The quantitative estimate of drug-likeness (QED) is 0.0878. The lowest BCUT2D eigenvalue weighted by Gasteiger charge is -2.05. The van der Waals surface area contributed by atoms with Gasteiger partial charge >= 0.3 is 5.97 Å². The lowest BCUT2D eigenvalue weighted by molar-refractivity contribution is -0.143. The first-order valence-corrected chi connectivity index (χ1v) is 13.6. The van der Waals surface area contributed by atoms with Gasteiger partial charge in [-0.15, -0.1) is 0 Å². The number of carbonyl (C=O) groups excluding carboxylic acids is 1. The summed E-state index contributed by atoms with van der Waals surface area (Å²) in [6, 6.07) is 0. The van der Waals surface area contributed by atoms with Crippen LogP contribution in [-0.2, 0) is 9.53 Å². The number of ether oxygens (including phenoxy) is 1. The van der Waals surface area contributed by atoms with Gasteiger partial charge in [-0.1, -0.05) is 122 Å². The number of esters is 1. The zero-order valence-corrected chi connectivity index (χ0v) is 20.7. The van der Waals surface area contributed by atoms with Crippen LogP contribution >= 0.6 is 0 Å². The second kappa shape index (κ2) is 26.2. The minimum absolute atomic E-state index is 0.00301. The average molecular weight is 423 g/mol. The largest absolute Gasteiger partial charge is 0.466 e. The summed E-state index contributed by atoms with van der Waals surface area (Å²) >= 11 is 0. The molecule has 30 heavy (non-hydrogen) atoms. The summed E-state index contributed by atoms with van der Waals surface area (Å²) in [4.78, 5) is 11.5. The van der Waals surface area contributed by atoms with E-state index in [9.17, 15) is 4.79 Å². The highest BCUT2D eigenvalue weighted by Gasteiger charge is 2.01. The van der Waals surface area contributed by atoms with Crippen LogP contribution < -0.4 is 0 Å². The molecule has 0 aromatic heterocycles. The van der Waals surface area contributed by atoms with Gasteiger partial charge in [-0.25, -0.2) is 0 Å². The Hall–Kier alpha value is -0.790. The Kier molecular flexibility index (Phi) is 25.6. The first kappa shape index (κ1) is 29.2. The fourth-order valence-corrected chi connectivity index (χ4v) is 3.83. The van der Waals surface area contributed by atoms with Crippen molar-refractivity contribution in [3.05, 3.63) is 12.2 Å². The SMILES string of the molecule is CCCCCCCC/C=C\CCCCCCCCCCCCOC(=O)CCCCC. The van der Waals surface area contributed by atoms with Crippen LogP contribution in [0.3, 0.4) is 0 Å². The van der Waals surface area contributed by atoms with Crippen molar-refractivity contribution in [1.82, 2.24) is 0 Å². The van der Waals surface area contributed by atoms with E-state index in [1.54, 1.807) is 0 Å². The topological polar surface area (TPSA) is 26.3 Å². The molecule has 0 radical (unpaired) electrons. The maximum absolute atomic E-state index is 11.5. The second-order valence-electron chi connectivity index (χ2n) is 9.03. The van der Waals surface area contributed by atoms with Gasteiger partial charge in [0.25, 0.3) is 0 Å². The summed E-state index contributed by atoms with van der Waals surface area (Å²) in [6.07, 6.45) is 32.8. The molecule has 0 aromatic carbocycles.